The summed E-state index contributed by atoms with van der Waals surface area (Å²) >= 11 is 0. The summed E-state index contributed by atoms with van der Waals surface area (Å²) in [6.45, 7) is 6.16. The van der Waals surface area contributed by atoms with Crippen molar-refractivity contribution < 1.29 is 28.6 Å². The van der Waals surface area contributed by atoms with Crippen LogP contribution in [-0.2, 0) is 28.6 Å². The molecule has 0 aromatic heterocycles. The molecule has 65 heavy (non-hydrogen) atoms. The SMILES string of the molecule is CC\C=C/C=C\C=C/C=C\C=C/CCCC(=O)OCC(COC(=O)CCCCC\C=C/C=C\C=C\C=C/C=C\C=C/C=C\CC)OC(=O)CCCCCCCC/C=C\C=C/CCCCC. The number of hydrogen-bond donors (Lipinski definition) is 0. The maximum Gasteiger partial charge on any atom is 0.306 e. The van der Waals surface area contributed by atoms with E-state index in [1.807, 2.05) is 128 Å². The van der Waals surface area contributed by atoms with Crippen LogP contribution in [0.4, 0.5) is 0 Å². The largest absolute Gasteiger partial charge is 0.462 e. The Bertz CT molecular complexity index is 1590. The van der Waals surface area contributed by atoms with Crippen LogP contribution in [0.25, 0.3) is 0 Å². The lowest BCUT2D eigenvalue weighted by Crippen LogP contribution is -2.30. The van der Waals surface area contributed by atoms with Gasteiger partial charge in [0.15, 0.2) is 6.10 Å². The summed E-state index contributed by atoms with van der Waals surface area (Å²) in [4.78, 5) is 37.9. The number of allylic oxidation sites excluding steroid dienone is 28. The van der Waals surface area contributed by atoms with Gasteiger partial charge in [0.2, 0.25) is 0 Å². The van der Waals surface area contributed by atoms with Crippen molar-refractivity contribution in [2.75, 3.05) is 13.2 Å². The smallest absolute Gasteiger partial charge is 0.306 e. The van der Waals surface area contributed by atoms with Gasteiger partial charge in [0.1, 0.15) is 13.2 Å². The molecule has 0 amide bonds. The van der Waals surface area contributed by atoms with Crippen molar-refractivity contribution in [2.24, 2.45) is 0 Å². The fourth-order valence-corrected chi connectivity index (χ4v) is 5.86. The molecule has 0 aliphatic rings. The number of carbonyl (C=O) groups is 3. The minimum atomic E-state index is -0.841. The normalized spacial score (nSPS) is 13.6. The highest BCUT2D eigenvalue weighted by atomic mass is 16.6. The quantitative estimate of drug-likeness (QED) is 0.0263. The summed E-state index contributed by atoms with van der Waals surface area (Å²) in [5.74, 6) is -1.08. The third-order valence-corrected chi connectivity index (χ3v) is 9.54. The van der Waals surface area contributed by atoms with Crippen molar-refractivity contribution in [2.45, 2.75) is 168 Å². The lowest BCUT2D eigenvalue weighted by molar-refractivity contribution is -0.167. The van der Waals surface area contributed by atoms with E-state index in [0.29, 0.717) is 12.8 Å². The van der Waals surface area contributed by atoms with E-state index in [0.717, 1.165) is 77.0 Å². The second kappa shape index (κ2) is 51.4. The predicted molar refractivity (Wildman–Crippen MR) is 278 cm³/mol. The molecule has 0 aliphatic carbocycles. The van der Waals surface area contributed by atoms with Gasteiger partial charge < -0.3 is 14.2 Å². The fourth-order valence-electron chi connectivity index (χ4n) is 5.86. The van der Waals surface area contributed by atoms with Crippen molar-refractivity contribution in [3.63, 3.8) is 0 Å². The van der Waals surface area contributed by atoms with Crippen LogP contribution in [0.2, 0.25) is 0 Å². The number of carbonyl (C=O) groups excluding carboxylic acids is 3. The van der Waals surface area contributed by atoms with E-state index < -0.39 is 6.10 Å². The van der Waals surface area contributed by atoms with Crippen LogP contribution in [0.15, 0.2) is 170 Å². The van der Waals surface area contributed by atoms with Gasteiger partial charge in [0.25, 0.3) is 0 Å². The molecule has 0 heterocycles. The van der Waals surface area contributed by atoms with Crippen LogP contribution >= 0.6 is 0 Å². The first-order chi connectivity index (χ1) is 32.0. The van der Waals surface area contributed by atoms with Gasteiger partial charge in [-0.15, -0.1) is 0 Å². The molecule has 6 heteroatoms. The molecule has 0 fully saturated rings. The van der Waals surface area contributed by atoms with Crippen molar-refractivity contribution in [1.29, 1.82) is 0 Å². The summed E-state index contributed by atoms with van der Waals surface area (Å²) in [6.07, 6.45) is 76.2. The highest BCUT2D eigenvalue weighted by Crippen LogP contribution is 2.12. The molecular formula is C59H86O6. The minimum Gasteiger partial charge on any atom is -0.462 e. The Morgan fingerprint density at radius 2 is 0.615 bits per heavy atom. The number of ether oxygens (including phenoxy) is 3. The molecule has 0 rings (SSSR count). The molecular weight excluding hydrogens is 805 g/mol. The second-order valence-electron chi connectivity index (χ2n) is 15.6. The molecule has 358 valence electrons. The average Bonchev–Trinajstić information content (AvgIpc) is 3.30. The molecule has 0 spiro atoms. The minimum absolute atomic E-state index is 0.139. The van der Waals surface area contributed by atoms with Crippen LogP contribution in [0.5, 0.6) is 0 Å². The molecule has 0 aromatic carbocycles. The predicted octanol–water partition coefficient (Wildman–Crippen LogP) is 16.4. The standard InChI is InChI=1S/C59H86O6/c1-4-7-10-13-16-19-22-25-27-28-29-30-32-34-37-40-43-46-49-52-58(61)64-55-56(54-63-57(60)51-48-45-42-39-36-33-24-21-18-15-12-9-6-3)65-59(62)53-50-47-44-41-38-35-31-26-23-20-17-14-11-8-5-2/h7,9-10,12-13,15-30,32-34,36-37,39,42,56H,4-6,8,11,14,31,35,38,40-41,43-55H2,1-3H3/b10-7-,12-9-,16-13-,18-15-,20-17-,22-19-,24-21-,26-23-,27-25-,29-28+,32-30-,36-33-,37-34-,42-39-. The Balaban J connectivity index is 4.65. The monoisotopic (exact) mass is 891 g/mol. The van der Waals surface area contributed by atoms with Crippen molar-refractivity contribution in [3.8, 4) is 0 Å². The lowest BCUT2D eigenvalue weighted by atomic mass is 10.1. The van der Waals surface area contributed by atoms with Crippen LogP contribution in [0.1, 0.15) is 162 Å². The Kier molecular flexibility index (Phi) is 47.3. The van der Waals surface area contributed by atoms with Gasteiger partial charge in [-0.2, -0.15) is 0 Å². The molecule has 6 nitrogen and oxygen atoms in total. The summed E-state index contributed by atoms with van der Waals surface area (Å²) in [5.41, 5.74) is 0. The molecule has 0 N–H and O–H groups in total. The number of rotatable bonds is 41. The molecule has 0 aliphatic heterocycles. The first-order valence-electron chi connectivity index (χ1n) is 24.8. The molecule has 0 saturated heterocycles. The number of hydrogen-bond acceptors (Lipinski definition) is 6. The van der Waals surface area contributed by atoms with Crippen molar-refractivity contribution in [3.05, 3.63) is 170 Å². The molecule has 0 saturated carbocycles. The lowest BCUT2D eigenvalue weighted by Gasteiger charge is -2.18. The van der Waals surface area contributed by atoms with Crippen LogP contribution in [0.3, 0.4) is 0 Å². The van der Waals surface area contributed by atoms with Gasteiger partial charge >= 0.3 is 17.9 Å². The zero-order chi connectivity index (χ0) is 47.2. The summed E-state index contributed by atoms with van der Waals surface area (Å²) in [5, 5.41) is 0. The second-order valence-corrected chi connectivity index (χ2v) is 15.6. The van der Waals surface area contributed by atoms with E-state index in [4.69, 9.17) is 14.2 Å². The Morgan fingerprint density at radius 1 is 0.323 bits per heavy atom. The summed E-state index contributed by atoms with van der Waals surface area (Å²) in [7, 11) is 0. The Labute approximate surface area is 396 Å². The molecule has 0 radical (unpaired) electrons. The van der Waals surface area contributed by atoms with Crippen LogP contribution < -0.4 is 0 Å². The van der Waals surface area contributed by atoms with E-state index in [9.17, 15) is 14.4 Å². The van der Waals surface area contributed by atoms with Gasteiger partial charge in [-0.05, 0) is 77.0 Å². The van der Waals surface area contributed by atoms with E-state index in [1.54, 1.807) is 0 Å². The summed E-state index contributed by atoms with van der Waals surface area (Å²) < 4.78 is 16.7. The number of unbranched alkanes of at least 4 members (excludes halogenated alkanes) is 13. The van der Waals surface area contributed by atoms with Gasteiger partial charge in [0, 0.05) is 19.3 Å². The summed E-state index contributed by atoms with van der Waals surface area (Å²) in [6, 6.07) is 0. The fraction of sp³-hybridized carbons (Fsp3) is 0.475. The molecule has 0 bridgehead atoms. The molecule has 1 atom stereocenters. The maximum absolute atomic E-state index is 12.8. The van der Waals surface area contributed by atoms with Gasteiger partial charge in [-0.25, -0.2) is 0 Å². The topological polar surface area (TPSA) is 78.9 Å². The first-order valence-corrected chi connectivity index (χ1v) is 24.8. The van der Waals surface area contributed by atoms with Crippen LogP contribution in [-0.4, -0.2) is 37.2 Å². The van der Waals surface area contributed by atoms with Crippen LogP contribution in [0, 0.1) is 0 Å². The first kappa shape index (κ1) is 59.8. The van der Waals surface area contributed by atoms with Gasteiger partial charge in [0.05, 0.1) is 0 Å². The van der Waals surface area contributed by atoms with Gasteiger partial charge in [-0.1, -0.05) is 236 Å². The highest BCUT2D eigenvalue weighted by Gasteiger charge is 2.19. The molecule has 0 aromatic rings. The third kappa shape index (κ3) is 49.6. The average molecular weight is 891 g/mol. The zero-order valence-electron chi connectivity index (χ0n) is 40.7. The van der Waals surface area contributed by atoms with E-state index >= 15 is 0 Å². The number of esters is 3. The Morgan fingerprint density at radius 3 is 1.03 bits per heavy atom. The van der Waals surface area contributed by atoms with E-state index in [1.165, 1.54) is 32.1 Å². The van der Waals surface area contributed by atoms with Crippen molar-refractivity contribution >= 4 is 17.9 Å². The third-order valence-electron chi connectivity index (χ3n) is 9.54. The van der Waals surface area contributed by atoms with E-state index in [-0.39, 0.29) is 50.4 Å². The van der Waals surface area contributed by atoms with Crippen molar-refractivity contribution in [1.82, 2.24) is 0 Å². The zero-order valence-corrected chi connectivity index (χ0v) is 40.7. The Hall–Kier alpha value is -5.23. The maximum atomic E-state index is 12.8. The van der Waals surface area contributed by atoms with Gasteiger partial charge in [-0.3, -0.25) is 14.4 Å². The molecule has 1 unspecified atom stereocenters. The van der Waals surface area contributed by atoms with E-state index in [2.05, 4.69) is 63.3 Å². The highest BCUT2D eigenvalue weighted by molar-refractivity contribution is 5.71.